The molecule has 0 fully saturated rings. The van der Waals surface area contributed by atoms with Gasteiger partial charge in [0.15, 0.2) is 0 Å². The van der Waals surface area contributed by atoms with Crippen LogP contribution in [-0.2, 0) is 26.2 Å². The second-order valence-electron chi connectivity index (χ2n) is 8.37. The lowest BCUT2D eigenvalue weighted by molar-refractivity contribution is -0.137. The van der Waals surface area contributed by atoms with Gasteiger partial charge in [0.2, 0.25) is 0 Å². The van der Waals surface area contributed by atoms with Gasteiger partial charge in [-0.15, -0.1) is 12.4 Å². The van der Waals surface area contributed by atoms with Gasteiger partial charge in [-0.25, -0.2) is 0 Å². The highest BCUT2D eigenvalue weighted by Crippen LogP contribution is 2.32. The summed E-state index contributed by atoms with van der Waals surface area (Å²) in [4.78, 5) is 15.2. The third-order valence-electron chi connectivity index (χ3n) is 6.32. The molecule has 5 rings (SSSR count). The van der Waals surface area contributed by atoms with E-state index in [0.717, 1.165) is 42.8 Å². The first-order valence-corrected chi connectivity index (χ1v) is 10.4. The van der Waals surface area contributed by atoms with Gasteiger partial charge in [0.25, 0.3) is 5.56 Å². The fraction of sp³-hybridized carbons (Fsp3) is 0.240. The molecule has 0 unspecified atom stereocenters. The van der Waals surface area contributed by atoms with E-state index in [0.29, 0.717) is 11.1 Å². The molecule has 3 heterocycles. The quantitative estimate of drug-likeness (QED) is 0.389. The van der Waals surface area contributed by atoms with Crippen LogP contribution in [0, 0.1) is 0 Å². The fourth-order valence-electron chi connectivity index (χ4n) is 4.57. The van der Waals surface area contributed by atoms with Crippen LogP contribution in [0.4, 0.5) is 13.2 Å². The third kappa shape index (κ3) is 4.07. The van der Waals surface area contributed by atoms with Crippen molar-refractivity contribution in [1.82, 2.24) is 14.0 Å². The summed E-state index contributed by atoms with van der Waals surface area (Å²) in [5.74, 6) is 0. The Morgan fingerprint density at radius 1 is 0.909 bits per heavy atom. The summed E-state index contributed by atoms with van der Waals surface area (Å²) in [5.41, 5.74) is 4.72. The molecule has 33 heavy (non-hydrogen) atoms. The Hall–Kier alpha value is -3.03. The van der Waals surface area contributed by atoms with E-state index in [9.17, 15) is 18.0 Å². The predicted octanol–water partition coefficient (Wildman–Crippen LogP) is 5.42. The summed E-state index contributed by atoms with van der Waals surface area (Å²) < 4.78 is 42.2. The fourth-order valence-corrected chi connectivity index (χ4v) is 4.57. The molecule has 0 saturated heterocycles. The Morgan fingerprint density at radius 2 is 1.64 bits per heavy atom. The Labute approximate surface area is 195 Å². The van der Waals surface area contributed by atoms with E-state index < -0.39 is 11.7 Å². The van der Waals surface area contributed by atoms with Crippen LogP contribution in [0.3, 0.4) is 0 Å². The Kier molecular flexibility index (Phi) is 5.88. The van der Waals surface area contributed by atoms with Gasteiger partial charge in [0.1, 0.15) is 0 Å². The van der Waals surface area contributed by atoms with Gasteiger partial charge in [-0.05, 0) is 54.1 Å². The lowest BCUT2D eigenvalue weighted by Gasteiger charge is -2.23. The molecule has 0 saturated carbocycles. The molecule has 1 aliphatic heterocycles. The van der Waals surface area contributed by atoms with Crippen molar-refractivity contribution in [3.63, 3.8) is 0 Å². The Morgan fingerprint density at radius 3 is 2.30 bits per heavy atom. The number of pyridine rings is 1. The number of nitrogens with zero attached hydrogens (tertiary/aromatic N) is 3. The average Bonchev–Trinajstić information content (AvgIpc) is 3.04. The number of hydrogen-bond acceptors (Lipinski definition) is 2. The molecular formula is C25H23ClF3N3O. The minimum atomic E-state index is -4.38. The summed E-state index contributed by atoms with van der Waals surface area (Å²) in [7, 11) is 4.18. The highest BCUT2D eigenvalue weighted by atomic mass is 35.5. The third-order valence-corrected chi connectivity index (χ3v) is 6.32. The van der Waals surface area contributed by atoms with E-state index in [4.69, 9.17) is 0 Å². The molecule has 0 amide bonds. The van der Waals surface area contributed by atoms with Crippen LogP contribution in [-0.4, -0.2) is 27.6 Å². The van der Waals surface area contributed by atoms with E-state index in [-0.39, 0.29) is 18.0 Å². The summed E-state index contributed by atoms with van der Waals surface area (Å²) in [6.07, 6.45) is -1.71. The molecule has 0 bridgehead atoms. The number of aromatic nitrogens is 2. The molecule has 0 atom stereocenters. The van der Waals surface area contributed by atoms with Crippen LogP contribution in [0.25, 0.3) is 27.7 Å². The standard InChI is InChI=1S/C25H22F3N3O.ClH/c1-29-11-10-22-21(15-29)20-8-7-19(14-23(20)30(22)2)31-12-9-17(13-24(31)32)16-3-5-18(6-4-16)25(26,27)28;/h3-9,12-14H,10-11,15H2,1-2H3;1H. The number of hydrogen-bond donors (Lipinski definition) is 0. The minimum absolute atomic E-state index is 0. The van der Waals surface area contributed by atoms with Crippen molar-refractivity contribution in [2.45, 2.75) is 19.1 Å². The first kappa shape index (κ1) is 23.1. The van der Waals surface area contributed by atoms with Crippen LogP contribution >= 0.6 is 12.4 Å². The molecule has 0 aliphatic carbocycles. The zero-order valence-electron chi connectivity index (χ0n) is 18.2. The van der Waals surface area contributed by atoms with Crippen molar-refractivity contribution < 1.29 is 13.2 Å². The number of rotatable bonds is 2. The van der Waals surface area contributed by atoms with Crippen LogP contribution in [0.5, 0.6) is 0 Å². The number of fused-ring (bicyclic) bond motifs is 3. The summed E-state index contributed by atoms with van der Waals surface area (Å²) in [6, 6.07) is 14.1. The number of alkyl halides is 3. The average molecular weight is 474 g/mol. The predicted molar refractivity (Wildman–Crippen MR) is 126 cm³/mol. The van der Waals surface area contributed by atoms with Crippen molar-refractivity contribution in [2.75, 3.05) is 13.6 Å². The van der Waals surface area contributed by atoms with Crippen molar-refractivity contribution >= 4 is 23.3 Å². The van der Waals surface area contributed by atoms with Crippen molar-refractivity contribution in [3.8, 4) is 16.8 Å². The van der Waals surface area contributed by atoms with E-state index in [2.05, 4.69) is 29.6 Å². The van der Waals surface area contributed by atoms with Gasteiger partial charge in [0, 0.05) is 49.9 Å². The molecule has 4 aromatic rings. The lowest BCUT2D eigenvalue weighted by atomic mass is 10.0. The van der Waals surface area contributed by atoms with E-state index >= 15 is 0 Å². The Balaban J connectivity index is 0.00000259. The van der Waals surface area contributed by atoms with Gasteiger partial charge in [-0.1, -0.05) is 18.2 Å². The van der Waals surface area contributed by atoms with Gasteiger partial charge in [0.05, 0.1) is 16.8 Å². The zero-order chi connectivity index (χ0) is 22.6. The van der Waals surface area contributed by atoms with Crippen LogP contribution in [0.15, 0.2) is 65.6 Å². The molecule has 8 heteroatoms. The van der Waals surface area contributed by atoms with Gasteiger partial charge < -0.3 is 9.47 Å². The zero-order valence-corrected chi connectivity index (χ0v) is 19.0. The van der Waals surface area contributed by atoms with Crippen LogP contribution in [0.2, 0.25) is 0 Å². The van der Waals surface area contributed by atoms with Crippen LogP contribution in [0.1, 0.15) is 16.8 Å². The van der Waals surface area contributed by atoms with Gasteiger partial charge >= 0.3 is 6.18 Å². The summed E-state index contributed by atoms with van der Waals surface area (Å²) in [5, 5.41) is 1.20. The maximum Gasteiger partial charge on any atom is 0.416 e. The number of aryl methyl sites for hydroxylation is 1. The van der Waals surface area contributed by atoms with Crippen LogP contribution < -0.4 is 5.56 Å². The summed E-state index contributed by atoms with van der Waals surface area (Å²) >= 11 is 0. The second-order valence-corrected chi connectivity index (χ2v) is 8.37. The number of halogens is 4. The molecule has 4 nitrogen and oxygen atoms in total. The smallest absolute Gasteiger partial charge is 0.347 e. The molecular weight excluding hydrogens is 451 g/mol. The van der Waals surface area contributed by atoms with Gasteiger partial charge in [-0.2, -0.15) is 13.2 Å². The van der Waals surface area contributed by atoms with E-state index in [1.807, 2.05) is 12.1 Å². The molecule has 2 aromatic heterocycles. The second kappa shape index (κ2) is 8.39. The monoisotopic (exact) mass is 473 g/mol. The Bertz CT molecular complexity index is 1390. The molecule has 172 valence electrons. The number of benzene rings is 2. The molecule has 2 aromatic carbocycles. The maximum absolute atomic E-state index is 12.9. The highest BCUT2D eigenvalue weighted by molar-refractivity contribution is 5.87. The first-order valence-electron chi connectivity index (χ1n) is 10.4. The van der Waals surface area contributed by atoms with Crippen molar-refractivity contribution in [1.29, 1.82) is 0 Å². The summed E-state index contributed by atoms with van der Waals surface area (Å²) in [6.45, 7) is 1.93. The minimum Gasteiger partial charge on any atom is -0.347 e. The molecule has 1 aliphatic rings. The SMILES string of the molecule is CN1CCc2c(c3ccc(-n4ccc(-c5ccc(C(F)(F)F)cc5)cc4=O)cc3n2C)C1.Cl. The number of likely N-dealkylation sites (N-methyl/N-ethyl adjacent to an activating group) is 1. The van der Waals surface area contributed by atoms with Crippen molar-refractivity contribution in [3.05, 3.63) is 88.0 Å². The topological polar surface area (TPSA) is 30.2 Å². The maximum atomic E-state index is 12.9. The first-order chi connectivity index (χ1) is 15.2. The van der Waals surface area contributed by atoms with Crippen molar-refractivity contribution in [2.24, 2.45) is 7.05 Å². The van der Waals surface area contributed by atoms with E-state index in [1.165, 1.54) is 34.8 Å². The normalized spacial score (nSPS) is 14.2. The largest absolute Gasteiger partial charge is 0.416 e. The van der Waals surface area contributed by atoms with E-state index in [1.54, 1.807) is 16.8 Å². The molecule has 0 N–H and O–H groups in total. The lowest BCUT2D eigenvalue weighted by Crippen LogP contribution is -2.26. The molecule has 0 spiro atoms. The molecule has 0 radical (unpaired) electrons. The highest BCUT2D eigenvalue weighted by Gasteiger charge is 2.30. The van der Waals surface area contributed by atoms with Gasteiger partial charge in [-0.3, -0.25) is 9.36 Å².